The summed E-state index contributed by atoms with van der Waals surface area (Å²) in [6, 6.07) is 35.9. The van der Waals surface area contributed by atoms with Crippen LogP contribution in [-0.4, -0.2) is 13.0 Å². The third kappa shape index (κ3) is 7.59. The minimum absolute atomic E-state index is 0.00919. The maximum Gasteiger partial charge on any atom is 0.166 e. The average molecular weight is 547 g/mol. The lowest BCUT2D eigenvalue weighted by atomic mass is 9.89. The van der Waals surface area contributed by atoms with Crippen molar-refractivity contribution in [2.75, 3.05) is 0 Å². The Morgan fingerprint density at radius 2 is 0.868 bits per heavy atom. The van der Waals surface area contributed by atoms with E-state index in [9.17, 15) is 13.0 Å². The van der Waals surface area contributed by atoms with Crippen molar-refractivity contribution >= 4 is 21.0 Å². The summed E-state index contributed by atoms with van der Waals surface area (Å²) in [6.45, 7) is 11.8. The second-order valence-electron chi connectivity index (χ2n) is 10.2. The molecule has 4 aromatic carbocycles. The minimum Gasteiger partial charge on any atom is -0.744 e. The highest BCUT2D eigenvalue weighted by atomic mass is 32.2. The summed E-state index contributed by atoms with van der Waals surface area (Å²) in [6.07, 6.45) is 0. The van der Waals surface area contributed by atoms with Crippen molar-refractivity contribution in [1.29, 1.82) is 0 Å². The molecule has 4 aromatic rings. The SMILES string of the molecule is CC(C)c1cc(C(C)C)c(S(=O)(=O)[O-])c(C(C)C)c1.c1ccc([S+](c2ccccc2)c2ccccc2)cc1. The molecular weight excluding hydrogens is 508 g/mol. The van der Waals surface area contributed by atoms with Gasteiger partial charge in [-0.05, 0) is 70.8 Å². The lowest BCUT2D eigenvalue weighted by molar-refractivity contribution is 0.459. The van der Waals surface area contributed by atoms with Crippen LogP contribution in [0.4, 0.5) is 0 Å². The van der Waals surface area contributed by atoms with E-state index in [-0.39, 0.29) is 27.6 Å². The highest BCUT2D eigenvalue weighted by molar-refractivity contribution is 7.97. The van der Waals surface area contributed by atoms with Gasteiger partial charge >= 0.3 is 0 Å². The van der Waals surface area contributed by atoms with E-state index < -0.39 is 10.1 Å². The molecule has 0 saturated heterocycles. The Morgan fingerprint density at radius 3 is 1.11 bits per heavy atom. The van der Waals surface area contributed by atoms with Crippen LogP contribution in [-0.2, 0) is 21.0 Å². The topological polar surface area (TPSA) is 57.2 Å². The summed E-state index contributed by atoms with van der Waals surface area (Å²) in [5.74, 6) is 0.322. The van der Waals surface area contributed by atoms with Crippen molar-refractivity contribution in [2.24, 2.45) is 0 Å². The normalized spacial score (nSPS) is 11.7. The monoisotopic (exact) mass is 546 g/mol. The molecule has 0 N–H and O–H groups in total. The van der Waals surface area contributed by atoms with Crippen LogP contribution in [0.3, 0.4) is 0 Å². The Morgan fingerprint density at radius 1 is 0.553 bits per heavy atom. The lowest BCUT2D eigenvalue weighted by Crippen LogP contribution is -2.11. The lowest BCUT2D eigenvalue weighted by Gasteiger charge is -2.24. The second-order valence-corrected chi connectivity index (χ2v) is 13.5. The second kappa shape index (κ2) is 13.3. The molecule has 0 aliphatic heterocycles. The first-order valence-electron chi connectivity index (χ1n) is 13.0. The van der Waals surface area contributed by atoms with Gasteiger partial charge in [0.1, 0.15) is 10.1 Å². The van der Waals surface area contributed by atoms with E-state index in [4.69, 9.17) is 0 Å². The summed E-state index contributed by atoms with van der Waals surface area (Å²) in [4.78, 5) is 4.07. The van der Waals surface area contributed by atoms with E-state index in [0.717, 1.165) is 5.56 Å². The van der Waals surface area contributed by atoms with Crippen molar-refractivity contribution in [3.05, 3.63) is 120 Å². The molecule has 200 valence electrons. The molecule has 0 aromatic heterocycles. The van der Waals surface area contributed by atoms with E-state index in [2.05, 4.69) is 105 Å². The van der Waals surface area contributed by atoms with Gasteiger partial charge in [-0.15, -0.1) is 0 Å². The molecule has 0 bridgehead atoms. The van der Waals surface area contributed by atoms with Crippen LogP contribution in [0.25, 0.3) is 0 Å². The predicted molar refractivity (Wildman–Crippen MR) is 158 cm³/mol. The summed E-state index contributed by atoms with van der Waals surface area (Å²) in [5, 5.41) is 0. The molecule has 0 amide bonds. The maximum absolute atomic E-state index is 11.6. The van der Waals surface area contributed by atoms with Crippen LogP contribution < -0.4 is 0 Å². The van der Waals surface area contributed by atoms with Crippen molar-refractivity contribution in [2.45, 2.75) is 78.9 Å². The van der Waals surface area contributed by atoms with Gasteiger partial charge in [-0.2, -0.15) is 0 Å². The maximum atomic E-state index is 11.6. The molecule has 0 heterocycles. The Balaban J connectivity index is 0.000000211. The van der Waals surface area contributed by atoms with Gasteiger partial charge in [-0.3, -0.25) is 0 Å². The Hall–Kier alpha value is -2.86. The molecule has 0 aliphatic carbocycles. The first-order chi connectivity index (χ1) is 18.0. The largest absolute Gasteiger partial charge is 0.744 e. The van der Waals surface area contributed by atoms with E-state index in [0.29, 0.717) is 17.0 Å². The van der Waals surface area contributed by atoms with Crippen LogP contribution in [0.5, 0.6) is 0 Å². The van der Waals surface area contributed by atoms with Gasteiger partial charge < -0.3 is 4.55 Å². The quantitative estimate of drug-likeness (QED) is 0.172. The first kappa shape index (κ1) is 29.7. The van der Waals surface area contributed by atoms with Gasteiger partial charge in [0.25, 0.3) is 0 Å². The third-order valence-corrected chi connectivity index (χ3v) is 9.47. The van der Waals surface area contributed by atoms with E-state index in [1.54, 1.807) is 0 Å². The molecule has 0 aliphatic rings. The van der Waals surface area contributed by atoms with Crippen molar-refractivity contribution < 1.29 is 13.0 Å². The van der Waals surface area contributed by atoms with Crippen molar-refractivity contribution in [3.8, 4) is 0 Å². The standard InChI is InChI=1S/C18H15S.C15H24O3S/c1-4-10-16(11-5-1)19(17-12-6-2-7-13-17)18-14-8-3-9-15-18;1-9(2)12-7-13(10(3)4)15(19(16,17)18)14(8-12)11(5)6/h1-15H;7-11H,1-6H3,(H,16,17,18)/q+1;/p-1. The smallest absolute Gasteiger partial charge is 0.166 e. The fourth-order valence-corrected chi connectivity index (χ4v) is 7.53. The number of rotatable bonds is 7. The first-order valence-corrected chi connectivity index (χ1v) is 15.7. The molecule has 0 spiro atoms. The van der Waals surface area contributed by atoms with Gasteiger partial charge in [0, 0.05) is 0 Å². The Bertz CT molecular complexity index is 1270. The Labute approximate surface area is 232 Å². The molecular formula is C33H38O3S2. The third-order valence-electron chi connectivity index (χ3n) is 6.27. The molecule has 4 rings (SSSR count). The minimum atomic E-state index is -4.45. The fourth-order valence-electron chi connectivity index (χ4n) is 4.26. The highest BCUT2D eigenvalue weighted by Crippen LogP contribution is 2.35. The summed E-state index contributed by atoms with van der Waals surface area (Å²) in [7, 11) is -4.46. The highest BCUT2D eigenvalue weighted by Gasteiger charge is 2.27. The molecule has 5 heteroatoms. The average Bonchev–Trinajstić information content (AvgIpc) is 2.89. The van der Waals surface area contributed by atoms with Crippen LogP contribution in [0.15, 0.2) is 123 Å². The van der Waals surface area contributed by atoms with Gasteiger partial charge in [0.05, 0.1) is 15.8 Å². The van der Waals surface area contributed by atoms with Crippen LogP contribution >= 0.6 is 0 Å². The zero-order chi connectivity index (χ0) is 27.9. The van der Waals surface area contributed by atoms with E-state index in [1.807, 2.05) is 39.8 Å². The molecule has 0 unspecified atom stereocenters. The van der Waals surface area contributed by atoms with Crippen molar-refractivity contribution in [1.82, 2.24) is 0 Å². The van der Waals surface area contributed by atoms with Crippen LogP contribution in [0.1, 0.15) is 76.0 Å². The van der Waals surface area contributed by atoms with E-state index >= 15 is 0 Å². The fraction of sp³-hybridized carbons (Fsp3) is 0.273. The zero-order valence-corrected chi connectivity index (χ0v) is 24.7. The van der Waals surface area contributed by atoms with Gasteiger partial charge in [0.2, 0.25) is 0 Å². The van der Waals surface area contributed by atoms with E-state index in [1.165, 1.54) is 14.7 Å². The Kier molecular flexibility index (Phi) is 10.4. The molecule has 0 saturated carbocycles. The number of hydrogen-bond donors (Lipinski definition) is 0. The van der Waals surface area contributed by atoms with Crippen LogP contribution in [0.2, 0.25) is 0 Å². The molecule has 3 nitrogen and oxygen atoms in total. The molecule has 0 radical (unpaired) electrons. The van der Waals surface area contributed by atoms with Crippen molar-refractivity contribution in [3.63, 3.8) is 0 Å². The summed E-state index contributed by atoms with van der Waals surface area (Å²) < 4.78 is 34.8. The molecule has 0 fully saturated rings. The van der Waals surface area contributed by atoms with Crippen LogP contribution in [0, 0.1) is 0 Å². The molecule has 0 atom stereocenters. The van der Waals surface area contributed by atoms with Gasteiger partial charge in [-0.25, -0.2) is 8.42 Å². The van der Waals surface area contributed by atoms with Gasteiger partial charge in [0.15, 0.2) is 14.7 Å². The summed E-state index contributed by atoms with van der Waals surface area (Å²) in [5.41, 5.74) is 2.37. The predicted octanol–water partition coefficient (Wildman–Crippen LogP) is 8.74. The molecule has 38 heavy (non-hydrogen) atoms. The number of benzene rings is 4. The van der Waals surface area contributed by atoms with Gasteiger partial charge in [-0.1, -0.05) is 108 Å². The summed E-state index contributed by atoms with van der Waals surface area (Å²) >= 11 is 0. The zero-order valence-electron chi connectivity index (χ0n) is 23.1. The number of hydrogen-bond acceptors (Lipinski definition) is 3.